The molecule has 3 heterocycles. The van der Waals surface area contributed by atoms with Crippen LogP contribution in [-0.2, 0) is 14.3 Å². The number of likely N-dealkylation sites (N-methyl/N-ethyl adjacent to an activating group) is 1. The van der Waals surface area contributed by atoms with Gasteiger partial charge < -0.3 is 19.1 Å². The zero-order valence-corrected chi connectivity index (χ0v) is 25.1. The molecule has 2 aliphatic heterocycles. The van der Waals surface area contributed by atoms with Gasteiger partial charge in [0, 0.05) is 16.6 Å². The smallest absolute Gasteiger partial charge is 0.338 e. The Morgan fingerprint density at radius 1 is 1.07 bits per heavy atom. The lowest BCUT2D eigenvalue weighted by Crippen LogP contribution is -2.41. The van der Waals surface area contributed by atoms with E-state index >= 15 is 0 Å². The number of esters is 1. The summed E-state index contributed by atoms with van der Waals surface area (Å²) in [6.45, 7) is 8.21. The fourth-order valence-electron chi connectivity index (χ4n) is 5.13. The molecule has 1 atom stereocenters. The Hall–Kier alpha value is -3.70. The highest BCUT2D eigenvalue weighted by Gasteiger charge is 2.37. The van der Waals surface area contributed by atoms with Crippen LogP contribution in [0.4, 0.5) is 5.69 Å². The molecule has 0 radical (unpaired) electrons. The van der Waals surface area contributed by atoms with Gasteiger partial charge >= 0.3 is 5.97 Å². The Kier molecular flexibility index (Phi) is 7.70. The van der Waals surface area contributed by atoms with E-state index in [1.807, 2.05) is 32.0 Å². The van der Waals surface area contributed by atoms with E-state index in [4.69, 9.17) is 14.2 Å². The van der Waals surface area contributed by atoms with Crippen LogP contribution in [0.5, 0.6) is 11.5 Å². The van der Waals surface area contributed by atoms with E-state index < -0.39 is 17.6 Å². The first-order valence-electron chi connectivity index (χ1n) is 12.9. The average Bonchev–Trinajstić information content (AvgIpc) is 3.39. The summed E-state index contributed by atoms with van der Waals surface area (Å²) in [7, 11) is 1.55. The summed E-state index contributed by atoms with van der Waals surface area (Å²) in [5, 5.41) is 0. The topological polar surface area (TPSA) is 99.4 Å². The van der Waals surface area contributed by atoms with E-state index in [1.54, 1.807) is 44.1 Å². The number of halogens is 1. The van der Waals surface area contributed by atoms with Crippen LogP contribution >= 0.6 is 27.3 Å². The van der Waals surface area contributed by atoms with Gasteiger partial charge in [0.25, 0.3) is 11.5 Å². The second-order valence-electron chi connectivity index (χ2n) is 9.05. The number of thiazole rings is 1. The Morgan fingerprint density at radius 2 is 1.85 bits per heavy atom. The van der Waals surface area contributed by atoms with Gasteiger partial charge in [0.15, 0.2) is 16.3 Å². The lowest BCUT2D eigenvalue weighted by molar-refractivity contribution is -0.139. The van der Waals surface area contributed by atoms with Crippen LogP contribution in [0.2, 0.25) is 0 Å². The second-order valence-corrected chi connectivity index (χ2v) is 10.9. The van der Waals surface area contributed by atoms with Crippen molar-refractivity contribution in [3.8, 4) is 11.5 Å². The first-order chi connectivity index (χ1) is 19.2. The zero-order valence-electron chi connectivity index (χ0n) is 22.7. The van der Waals surface area contributed by atoms with Crippen LogP contribution < -0.4 is 29.3 Å². The standard InChI is InChI=1S/C29H28BrN3O6S/c1-6-32-19-11-10-17(30)14-18(19)23(26(32)34)25-27(35)33-24(16-9-12-20(37-5)21(13-16)38-7-2)22(28(36)39-8-3)15(4)31-29(33)40-25/h9-14,24H,6-8H2,1-5H3/b25-23+/t24-/m0/s1. The molecule has 0 fully saturated rings. The maximum Gasteiger partial charge on any atom is 0.338 e. The molecule has 0 saturated carbocycles. The number of carbonyl (C=O) groups excluding carboxylic acids is 2. The summed E-state index contributed by atoms with van der Waals surface area (Å²) in [5.74, 6) is 0.191. The Morgan fingerprint density at radius 3 is 2.52 bits per heavy atom. The van der Waals surface area contributed by atoms with Crippen LogP contribution in [0.3, 0.4) is 0 Å². The van der Waals surface area contributed by atoms with Gasteiger partial charge in [-0.05, 0) is 63.6 Å². The maximum absolute atomic E-state index is 14.3. The molecule has 11 heteroatoms. The molecule has 1 aromatic heterocycles. The lowest BCUT2D eigenvalue weighted by atomic mass is 9.95. The van der Waals surface area contributed by atoms with Crippen molar-refractivity contribution in [3.63, 3.8) is 0 Å². The monoisotopic (exact) mass is 625 g/mol. The van der Waals surface area contributed by atoms with Crippen molar-refractivity contribution in [3.05, 3.63) is 83.0 Å². The number of nitrogens with zero attached hydrogens (tertiary/aromatic N) is 3. The van der Waals surface area contributed by atoms with E-state index in [1.165, 1.54) is 4.57 Å². The molecule has 0 aliphatic carbocycles. The molecule has 0 unspecified atom stereocenters. The number of allylic oxidation sites excluding steroid dienone is 1. The molecule has 0 spiro atoms. The minimum atomic E-state index is -0.851. The molecule has 208 valence electrons. The Labute approximate surface area is 243 Å². The van der Waals surface area contributed by atoms with Crippen LogP contribution in [0.1, 0.15) is 44.9 Å². The first-order valence-corrected chi connectivity index (χ1v) is 14.5. The van der Waals surface area contributed by atoms with E-state index in [2.05, 4.69) is 20.9 Å². The number of aromatic nitrogens is 1. The van der Waals surface area contributed by atoms with E-state index in [-0.39, 0.29) is 22.6 Å². The highest BCUT2D eigenvalue weighted by molar-refractivity contribution is 9.10. The maximum atomic E-state index is 14.3. The summed E-state index contributed by atoms with van der Waals surface area (Å²) in [6, 6.07) is 10.0. The van der Waals surface area contributed by atoms with Crippen molar-refractivity contribution in [1.29, 1.82) is 0 Å². The minimum absolute atomic E-state index is 0.163. The van der Waals surface area contributed by atoms with Gasteiger partial charge in [0.2, 0.25) is 0 Å². The third kappa shape index (κ3) is 4.46. The highest BCUT2D eigenvalue weighted by Crippen LogP contribution is 2.38. The van der Waals surface area contributed by atoms with Crippen LogP contribution in [-0.4, -0.2) is 43.3 Å². The van der Waals surface area contributed by atoms with Crippen LogP contribution in [0.15, 0.2) is 61.9 Å². The fraction of sp³-hybridized carbons (Fsp3) is 0.310. The highest BCUT2D eigenvalue weighted by atomic mass is 79.9. The molecule has 1 amide bonds. The van der Waals surface area contributed by atoms with Crippen LogP contribution in [0, 0.1) is 0 Å². The lowest BCUT2D eigenvalue weighted by Gasteiger charge is -2.25. The van der Waals surface area contributed by atoms with Gasteiger partial charge in [0.1, 0.15) is 4.53 Å². The summed E-state index contributed by atoms with van der Waals surface area (Å²) in [6.07, 6.45) is 0. The third-order valence-electron chi connectivity index (χ3n) is 6.82. The quantitative estimate of drug-likeness (QED) is 0.371. The van der Waals surface area contributed by atoms with Gasteiger partial charge in [-0.2, -0.15) is 0 Å². The molecular formula is C29H28BrN3O6S. The van der Waals surface area contributed by atoms with Crippen molar-refractivity contribution < 1.29 is 23.8 Å². The Bertz CT molecular complexity index is 1760. The molecule has 3 aromatic rings. The summed E-state index contributed by atoms with van der Waals surface area (Å²) in [4.78, 5) is 47.8. The molecular weight excluding hydrogens is 598 g/mol. The summed E-state index contributed by atoms with van der Waals surface area (Å²) in [5.41, 5.74) is 2.63. The molecule has 0 N–H and O–H groups in total. The number of hydrogen-bond acceptors (Lipinski definition) is 8. The summed E-state index contributed by atoms with van der Waals surface area (Å²) >= 11 is 4.64. The number of carbonyl (C=O) groups is 2. The number of rotatable bonds is 7. The predicted octanol–water partition coefficient (Wildman–Crippen LogP) is 3.70. The fourth-order valence-corrected chi connectivity index (χ4v) is 6.62. The number of fused-ring (bicyclic) bond motifs is 2. The number of hydrogen-bond donors (Lipinski definition) is 0. The third-order valence-corrected chi connectivity index (χ3v) is 8.36. The SMILES string of the molecule is CCOC(=O)C1=C(C)N=c2s/c(=C3/C(=O)N(CC)c4ccc(Br)cc43)c(=O)n2[C@H]1c1ccc(OC)c(OCC)c1. The van der Waals surface area contributed by atoms with Gasteiger partial charge in [-0.1, -0.05) is 33.3 Å². The van der Waals surface area contributed by atoms with Crippen LogP contribution in [0.25, 0.3) is 5.57 Å². The van der Waals surface area contributed by atoms with Crippen molar-refractivity contribution in [2.24, 2.45) is 4.99 Å². The molecule has 5 rings (SSSR count). The number of amides is 1. The summed E-state index contributed by atoms with van der Waals surface area (Å²) < 4.78 is 19.2. The van der Waals surface area contributed by atoms with E-state index in [0.717, 1.165) is 21.5 Å². The molecule has 0 saturated heterocycles. The number of anilines is 1. The van der Waals surface area contributed by atoms with Crippen molar-refractivity contribution in [2.75, 3.05) is 31.8 Å². The number of benzene rings is 2. The van der Waals surface area contributed by atoms with E-state index in [9.17, 15) is 14.4 Å². The van der Waals surface area contributed by atoms with Gasteiger partial charge in [-0.25, -0.2) is 9.79 Å². The largest absolute Gasteiger partial charge is 0.493 e. The van der Waals surface area contributed by atoms with Gasteiger partial charge in [0.05, 0.1) is 48.9 Å². The normalized spacial score (nSPS) is 17.4. The average molecular weight is 627 g/mol. The van der Waals surface area contributed by atoms with Gasteiger partial charge in [-0.3, -0.25) is 14.2 Å². The second kappa shape index (κ2) is 11.1. The van der Waals surface area contributed by atoms with Crippen molar-refractivity contribution >= 4 is 50.4 Å². The molecule has 2 aliphatic rings. The molecule has 9 nitrogen and oxygen atoms in total. The predicted molar refractivity (Wildman–Crippen MR) is 156 cm³/mol. The molecule has 40 heavy (non-hydrogen) atoms. The van der Waals surface area contributed by atoms with E-state index in [0.29, 0.717) is 51.8 Å². The molecule has 2 aromatic carbocycles. The first kappa shape index (κ1) is 27.9. The van der Waals surface area contributed by atoms with Crippen molar-refractivity contribution in [1.82, 2.24) is 4.57 Å². The zero-order chi connectivity index (χ0) is 28.7. The number of methoxy groups -OCH3 is 1. The van der Waals surface area contributed by atoms with Crippen molar-refractivity contribution in [2.45, 2.75) is 33.7 Å². The number of ether oxygens (including phenoxy) is 3. The Balaban J connectivity index is 1.83. The molecule has 0 bridgehead atoms. The van der Waals surface area contributed by atoms with Gasteiger partial charge in [-0.15, -0.1) is 0 Å². The minimum Gasteiger partial charge on any atom is -0.493 e.